The first kappa shape index (κ1) is 15.5. The highest BCUT2D eigenvalue weighted by Gasteiger charge is 2.19. The number of nitrogens with one attached hydrogen (secondary N) is 1. The Balaban J connectivity index is 2.81. The molecular formula is C15H24ClNO. The third-order valence-corrected chi connectivity index (χ3v) is 3.37. The van der Waals surface area contributed by atoms with Crippen LogP contribution in [0.1, 0.15) is 32.3 Å². The van der Waals surface area contributed by atoms with E-state index in [0.717, 1.165) is 18.2 Å². The highest BCUT2D eigenvalue weighted by atomic mass is 35.5. The molecule has 0 aliphatic rings. The van der Waals surface area contributed by atoms with Gasteiger partial charge in [0, 0.05) is 37.2 Å². The van der Waals surface area contributed by atoms with Gasteiger partial charge in [-0.25, -0.2) is 0 Å². The van der Waals surface area contributed by atoms with Gasteiger partial charge in [-0.05, 0) is 23.6 Å². The summed E-state index contributed by atoms with van der Waals surface area (Å²) >= 11 is 6.08. The fraction of sp³-hybridized carbons (Fsp3) is 0.600. The summed E-state index contributed by atoms with van der Waals surface area (Å²) in [4.78, 5) is 0. The van der Waals surface area contributed by atoms with Crippen molar-refractivity contribution in [3.05, 3.63) is 34.9 Å². The summed E-state index contributed by atoms with van der Waals surface area (Å²) in [5.41, 5.74) is 1.28. The van der Waals surface area contributed by atoms with Crippen LogP contribution in [0.2, 0.25) is 5.02 Å². The Hall–Kier alpha value is -0.570. The van der Waals surface area contributed by atoms with E-state index in [0.29, 0.717) is 17.9 Å². The average Bonchev–Trinajstić information content (AvgIpc) is 2.29. The molecule has 0 saturated carbocycles. The minimum absolute atomic E-state index is 0.422. The van der Waals surface area contributed by atoms with Gasteiger partial charge in [-0.15, -0.1) is 0 Å². The van der Waals surface area contributed by atoms with Gasteiger partial charge < -0.3 is 10.1 Å². The van der Waals surface area contributed by atoms with Crippen molar-refractivity contribution in [3.8, 4) is 0 Å². The summed E-state index contributed by atoms with van der Waals surface area (Å²) in [6.07, 6.45) is 0. The van der Waals surface area contributed by atoms with Crippen molar-refractivity contribution in [2.24, 2.45) is 5.92 Å². The fourth-order valence-electron chi connectivity index (χ4n) is 2.13. The number of methoxy groups -OCH3 is 1. The number of hydrogen-bond acceptors (Lipinski definition) is 2. The second-order valence-corrected chi connectivity index (χ2v) is 5.59. The molecule has 0 heterocycles. The van der Waals surface area contributed by atoms with E-state index in [1.54, 1.807) is 7.11 Å². The molecular weight excluding hydrogens is 246 g/mol. The number of benzene rings is 1. The van der Waals surface area contributed by atoms with E-state index in [2.05, 4.69) is 38.2 Å². The van der Waals surface area contributed by atoms with E-state index in [1.165, 1.54) is 5.56 Å². The van der Waals surface area contributed by atoms with E-state index >= 15 is 0 Å². The molecule has 1 aromatic rings. The Morgan fingerprint density at radius 3 is 2.56 bits per heavy atom. The maximum atomic E-state index is 6.08. The first-order valence-corrected chi connectivity index (χ1v) is 6.90. The monoisotopic (exact) mass is 269 g/mol. The highest BCUT2D eigenvalue weighted by molar-refractivity contribution is 6.30. The van der Waals surface area contributed by atoms with E-state index in [9.17, 15) is 0 Å². The van der Waals surface area contributed by atoms with Gasteiger partial charge >= 0.3 is 0 Å². The lowest BCUT2D eigenvalue weighted by atomic mass is 9.87. The molecule has 0 aliphatic heterocycles. The Labute approximate surface area is 116 Å². The van der Waals surface area contributed by atoms with E-state index in [-0.39, 0.29) is 0 Å². The molecule has 2 unspecified atom stereocenters. The first-order chi connectivity index (χ1) is 8.54. The van der Waals surface area contributed by atoms with Crippen molar-refractivity contribution in [1.82, 2.24) is 5.32 Å². The van der Waals surface area contributed by atoms with Crippen LogP contribution in [-0.2, 0) is 4.74 Å². The zero-order chi connectivity index (χ0) is 13.5. The number of halogens is 1. The first-order valence-electron chi connectivity index (χ1n) is 6.52. The van der Waals surface area contributed by atoms with Crippen LogP contribution >= 0.6 is 11.6 Å². The summed E-state index contributed by atoms with van der Waals surface area (Å²) in [6.45, 7) is 8.25. The van der Waals surface area contributed by atoms with E-state index < -0.39 is 0 Å². The molecule has 1 rings (SSSR count). The Morgan fingerprint density at radius 2 is 2.00 bits per heavy atom. The normalized spacial score (nSPS) is 14.8. The molecule has 1 N–H and O–H groups in total. The van der Waals surface area contributed by atoms with Crippen LogP contribution in [0.15, 0.2) is 24.3 Å². The van der Waals surface area contributed by atoms with E-state index in [4.69, 9.17) is 16.3 Å². The smallest absolute Gasteiger partial charge is 0.0494 e. The third-order valence-electron chi connectivity index (χ3n) is 3.14. The van der Waals surface area contributed by atoms with Gasteiger partial charge in [-0.3, -0.25) is 0 Å². The zero-order valence-corrected chi connectivity index (χ0v) is 12.5. The average molecular weight is 270 g/mol. The molecule has 0 aromatic heterocycles. The van der Waals surface area contributed by atoms with Gasteiger partial charge in [0.1, 0.15) is 0 Å². The largest absolute Gasteiger partial charge is 0.384 e. The molecule has 0 saturated heterocycles. The molecule has 2 atom stereocenters. The van der Waals surface area contributed by atoms with Crippen molar-refractivity contribution >= 4 is 11.6 Å². The van der Waals surface area contributed by atoms with Gasteiger partial charge in [0.25, 0.3) is 0 Å². The van der Waals surface area contributed by atoms with Gasteiger partial charge in [0.2, 0.25) is 0 Å². The molecule has 0 radical (unpaired) electrons. The molecule has 3 heteroatoms. The summed E-state index contributed by atoms with van der Waals surface area (Å²) in [5, 5.41) is 4.30. The zero-order valence-electron chi connectivity index (χ0n) is 11.7. The SMILES string of the molecule is COCC(C)C(CNC(C)C)c1cccc(Cl)c1. The summed E-state index contributed by atoms with van der Waals surface area (Å²) < 4.78 is 5.28. The highest BCUT2D eigenvalue weighted by Crippen LogP contribution is 2.26. The maximum Gasteiger partial charge on any atom is 0.0494 e. The van der Waals surface area contributed by atoms with E-state index in [1.807, 2.05) is 12.1 Å². The Morgan fingerprint density at radius 1 is 1.28 bits per heavy atom. The molecule has 18 heavy (non-hydrogen) atoms. The van der Waals surface area contributed by atoms with Crippen molar-refractivity contribution in [3.63, 3.8) is 0 Å². The van der Waals surface area contributed by atoms with Crippen molar-refractivity contribution < 1.29 is 4.74 Å². The van der Waals surface area contributed by atoms with Crippen LogP contribution in [0.5, 0.6) is 0 Å². The van der Waals surface area contributed by atoms with Gasteiger partial charge in [-0.2, -0.15) is 0 Å². The molecule has 102 valence electrons. The van der Waals surface area contributed by atoms with Crippen molar-refractivity contribution in [2.45, 2.75) is 32.7 Å². The van der Waals surface area contributed by atoms with Crippen LogP contribution in [-0.4, -0.2) is 26.3 Å². The van der Waals surface area contributed by atoms with Crippen molar-refractivity contribution in [2.75, 3.05) is 20.3 Å². The minimum atomic E-state index is 0.422. The number of rotatable bonds is 7. The molecule has 0 bridgehead atoms. The van der Waals surface area contributed by atoms with Gasteiger partial charge in [0.05, 0.1) is 0 Å². The third kappa shape index (κ3) is 4.97. The van der Waals surface area contributed by atoms with Crippen LogP contribution in [0.3, 0.4) is 0 Å². The minimum Gasteiger partial charge on any atom is -0.384 e. The molecule has 0 aliphatic carbocycles. The molecule has 0 amide bonds. The number of hydrogen-bond donors (Lipinski definition) is 1. The quantitative estimate of drug-likeness (QED) is 0.815. The Bertz CT molecular complexity index is 354. The predicted molar refractivity (Wildman–Crippen MR) is 78.4 cm³/mol. The van der Waals surface area contributed by atoms with Crippen LogP contribution in [0, 0.1) is 5.92 Å². The molecule has 0 spiro atoms. The summed E-state index contributed by atoms with van der Waals surface area (Å²) in [6, 6.07) is 8.62. The molecule has 2 nitrogen and oxygen atoms in total. The van der Waals surface area contributed by atoms with Crippen LogP contribution in [0.25, 0.3) is 0 Å². The van der Waals surface area contributed by atoms with Crippen LogP contribution < -0.4 is 5.32 Å². The van der Waals surface area contributed by atoms with Gasteiger partial charge in [-0.1, -0.05) is 44.5 Å². The maximum absolute atomic E-state index is 6.08. The fourth-order valence-corrected chi connectivity index (χ4v) is 2.33. The lowest BCUT2D eigenvalue weighted by molar-refractivity contribution is 0.145. The second-order valence-electron chi connectivity index (χ2n) is 5.16. The lowest BCUT2D eigenvalue weighted by Gasteiger charge is -2.25. The van der Waals surface area contributed by atoms with Crippen molar-refractivity contribution in [1.29, 1.82) is 0 Å². The molecule has 0 fully saturated rings. The molecule has 1 aromatic carbocycles. The second kappa shape index (κ2) is 7.78. The van der Waals surface area contributed by atoms with Gasteiger partial charge in [0.15, 0.2) is 0 Å². The topological polar surface area (TPSA) is 21.3 Å². The van der Waals surface area contributed by atoms with Crippen LogP contribution in [0.4, 0.5) is 0 Å². The number of ether oxygens (including phenoxy) is 1. The summed E-state index contributed by atoms with van der Waals surface area (Å²) in [5.74, 6) is 0.880. The predicted octanol–water partition coefficient (Wildman–Crippen LogP) is 3.70. The Kier molecular flexibility index (Phi) is 6.69. The standard InChI is InChI=1S/C15H24ClNO/c1-11(2)17-9-15(12(3)10-18-4)13-6-5-7-14(16)8-13/h5-8,11-12,15,17H,9-10H2,1-4H3. The lowest BCUT2D eigenvalue weighted by Crippen LogP contribution is -2.31. The summed E-state index contributed by atoms with van der Waals surface area (Å²) in [7, 11) is 1.75.